The Balaban J connectivity index is 1.81. The number of aromatic nitrogens is 2. The van der Waals surface area contributed by atoms with Gasteiger partial charge in [-0.3, -0.25) is 0 Å². The smallest absolute Gasteiger partial charge is 0.135 e. The van der Waals surface area contributed by atoms with E-state index in [0.717, 1.165) is 23.7 Å². The van der Waals surface area contributed by atoms with Crippen LogP contribution in [0.1, 0.15) is 24.6 Å². The van der Waals surface area contributed by atoms with Crippen LogP contribution in [0, 0.1) is 0 Å². The zero-order chi connectivity index (χ0) is 12.6. The second-order valence-corrected chi connectivity index (χ2v) is 4.71. The number of ether oxygens (including phenoxy) is 1. The molecule has 1 aromatic heterocycles. The van der Waals surface area contributed by atoms with Gasteiger partial charge in [-0.2, -0.15) is 0 Å². The van der Waals surface area contributed by atoms with Crippen LogP contribution in [0.3, 0.4) is 0 Å². The van der Waals surface area contributed by atoms with Crippen LogP contribution in [0.2, 0.25) is 0 Å². The molecule has 0 aliphatic carbocycles. The quantitative estimate of drug-likeness (QED) is 0.834. The molecule has 1 aromatic carbocycles. The summed E-state index contributed by atoms with van der Waals surface area (Å²) >= 11 is 1.38. The van der Waals surface area contributed by atoms with E-state index >= 15 is 0 Å². The van der Waals surface area contributed by atoms with Crippen molar-refractivity contribution in [2.24, 2.45) is 0 Å². The first-order valence-electron chi connectivity index (χ1n) is 6.07. The van der Waals surface area contributed by atoms with Crippen molar-refractivity contribution in [2.45, 2.75) is 26.6 Å². The van der Waals surface area contributed by atoms with Gasteiger partial charge >= 0.3 is 0 Å². The molecule has 1 N–H and O–H groups in total. The van der Waals surface area contributed by atoms with Gasteiger partial charge in [-0.1, -0.05) is 41.7 Å². The number of benzene rings is 1. The first-order chi connectivity index (χ1) is 8.90. The first-order valence-corrected chi connectivity index (χ1v) is 6.84. The van der Waals surface area contributed by atoms with Crippen LogP contribution in [-0.4, -0.2) is 16.1 Å². The van der Waals surface area contributed by atoms with E-state index in [9.17, 15) is 0 Å². The zero-order valence-corrected chi connectivity index (χ0v) is 11.2. The summed E-state index contributed by atoms with van der Waals surface area (Å²) in [6.45, 7) is 4.17. The fraction of sp³-hybridized carbons (Fsp3) is 0.385. The molecule has 0 fully saturated rings. The van der Waals surface area contributed by atoms with Gasteiger partial charge < -0.3 is 10.1 Å². The maximum absolute atomic E-state index is 5.65. The summed E-state index contributed by atoms with van der Waals surface area (Å²) in [6.07, 6.45) is 1.09. The molecule has 4 nitrogen and oxygen atoms in total. The molecule has 96 valence electrons. The Hall–Kier alpha value is -1.46. The number of anilines is 1. The van der Waals surface area contributed by atoms with Crippen LogP contribution >= 0.6 is 11.5 Å². The number of nitrogens with zero attached hydrogens (tertiary/aromatic N) is 2. The highest BCUT2D eigenvalue weighted by molar-refractivity contribution is 7.10. The first kappa shape index (κ1) is 13.0. The number of nitrogens with one attached hydrogen (secondary N) is 1. The van der Waals surface area contributed by atoms with Crippen molar-refractivity contribution in [3.05, 3.63) is 41.6 Å². The van der Waals surface area contributed by atoms with Gasteiger partial charge in [0.25, 0.3) is 0 Å². The lowest BCUT2D eigenvalue weighted by Gasteiger charge is -2.05. The minimum atomic E-state index is 0.497. The third kappa shape index (κ3) is 3.78. The Morgan fingerprint density at radius 3 is 2.83 bits per heavy atom. The van der Waals surface area contributed by atoms with Crippen LogP contribution in [0.5, 0.6) is 0 Å². The van der Waals surface area contributed by atoms with Crippen LogP contribution in [0.4, 0.5) is 5.00 Å². The molecule has 0 amide bonds. The summed E-state index contributed by atoms with van der Waals surface area (Å²) < 4.78 is 9.60. The minimum absolute atomic E-state index is 0.497. The summed E-state index contributed by atoms with van der Waals surface area (Å²) in [7, 11) is 0. The summed E-state index contributed by atoms with van der Waals surface area (Å²) in [5.41, 5.74) is 2.06. The molecule has 0 aliphatic heterocycles. The molecule has 0 atom stereocenters. The average Bonchev–Trinajstić information content (AvgIpc) is 2.85. The highest BCUT2D eigenvalue weighted by atomic mass is 32.1. The lowest BCUT2D eigenvalue weighted by molar-refractivity contribution is 0.105. The number of rotatable bonds is 7. The van der Waals surface area contributed by atoms with Gasteiger partial charge in [0.2, 0.25) is 0 Å². The van der Waals surface area contributed by atoms with Gasteiger partial charge in [0.1, 0.15) is 10.7 Å². The number of hydrogen-bond donors (Lipinski definition) is 1. The van der Waals surface area contributed by atoms with Crippen molar-refractivity contribution < 1.29 is 4.74 Å². The Bertz CT molecular complexity index is 458. The highest BCUT2D eigenvalue weighted by Crippen LogP contribution is 2.18. The maximum Gasteiger partial charge on any atom is 0.135 e. The van der Waals surface area contributed by atoms with Crippen molar-refractivity contribution in [1.82, 2.24) is 9.59 Å². The third-order valence-corrected chi connectivity index (χ3v) is 3.17. The molecule has 0 unspecified atom stereocenters. The second-order valence-electron chi connectivity index (χ2n) is 3.95. The van der Waals surface area contributed by atoms with E-state index in [1.807, 2.05) is 18.2 Å². The van der Waals surface area contributed by atoms with Gasteiger partial charge in [0.05, 0.1) is 13.2 Å². The molecular weight excluding hydrogens is 246 g/mol. The zero-order valence-electron chi connectivity index (χ0n) is 10.4. The Morgan fingerprint density at radius 1 is 1.22 bits per heavy atom. The molecule has 2 rings (SSSR count). The maximum atomic E-state index is 5.65. The van der Waals surface area contributed by atoms with Gasteiger partial charge in [-0.15, -0.1) is 5.10 Å². The van der Waals surface area contributed by atoms with Crippen molar-refractivity contribution in [1.29, 1.82) is 0 Å². The summed E-state index contributed by atoms with van der Waals surface area (Å²) in [6, 6.07) is 10.1. The van der Waals surface area contributed by atoms with E-state index in [2.05, 4.69) is 34.0 Å². The Labute approximate surface area is 111 Å². The fourth-order valence-electron chi connectivity index (χ4n) is 1.52. The van der Waals surface area contributed by atoms with E-state index in [0.29, 0.717) is 13.2 Å². The molecule has 18 heavy (non-hydrogen) atoms. The molecule has 5 heteroatoms. The van der Waals surface area contributed by atoms with Crippen LogP contribution in [0.25, 0.3) is 0 Å². The Morgan fingerprint density at radius 2 is 2.06 bits per heavy atom. The molecule has 0 saturated heterocycles. The largest absolute Gasteiger partial charge is 0.374 e. The molecule has 0 radical (unpaired) electrons. The molecular formula is C13H17N3OS. The highest BCUT2D eigenvalue weighted by Gasteiger charge is 2.07. The van der Waals surface area contributed by atoms with Crippen LogP contribution in [0.15, 0.2) is 30.3 Å². The van der Waals surface area contributed by atoms with Gasteiger partial charge in [0.15, 0.2) is 0 Å². The van der Waals surface area contributed by atoms with Gasteiger partial charge in [-0.25, -0.2) is 0 Å². The molecule has 0 spiro atoms. The van der Waals surface area contributed by atoms with Gasteiger partial charge in [-0.05, 0) is 12.0 Å². The summed E-state index contributed by atoms with van der Waals surface area (Å²) in [4.78, 5) is 0. The normalized spacial score (nSPS) is 10.5. The molecule has 1 heterocycles. The monoisotopic (exact) mass is 263 g/mol. The lowest BCUT2D eigenvalue weighted by Crippen LogP contribution is -2.02. The molecule has 0 aliphatic rings. The van der Waals surface area contributed by atoms with E-state index in [4.69, 9.17) is 4.74 Å². The average molecular weight is 263 g/mol. The van der Waals surface area contributed by atoms with Crippen molar-refractivity contribution >= 4 is 16.5 Å². The van der Waals surface area contributed by atoms with Crippen molar-refractivity contribution in [3.63, 3.8) is 0 Å². The number of hydrogen-bond acceptors (Lipinski definition) is 5. The van der Waals surface area contributed by atoms with Crippen molar-refractivity contribution in [3.8, 4) is 0 Å². The molecule has 2 aromatic rings. The van der Waals surface area contributed by atoms with Crippen molar-refractivity contribution in [2.75, 3.05) is 11.9 Å². The van der Waals surface area contributed by atoms with E-state index in [1.165, 1.54) is 17.1 Å². The van der Waals surface area contributed by atoms with Gasteiger partial charge in [0, 0.05) is 18.1 Å². The minimum Gasteiger partial charge on any atom is -0.374 e. The Kier molecular flexibility index (Phi) is 5.11. The fourth-order valence-corrected chi connectivity index (χ4v) is 2.11. The van der Waals surface area contributed by atoms with E-state index in [1.54, 1.807) is 0 Å². The standard InChI is InChI=1S/C13H17N3OS/c1-2-8-14-13-12(15-16-18-13)10-17-9-11-6-4-3-5-7-11/h3-7,14H,2,8-10H2,1H3. The van der Waals surface area contributed by atoms with Crippen LogP contribution in [-0.2, 0) is 18.0 Å². The topological polar surface area (TPSA) is 47.0 Å². The lowest BCUT2D eigenvalue weighted by atomic mass is 10.2. The second kappa shape index (κ2) is 7.08. The van der Waals surface area contributed by atoms with Crippen LogP contribution < -0.4 is 5.32 Å². The predicted octanol–water partition coefficient (Wildman–Crippen LogP) is 3.08. The molecule has 0 saturated carbocycles. The molecule has 0 bridgehead atoms. The predicted molar refractivity (Wildman–Crippen MR) is 73.6 cm³/mol. The third-order valence-electron chi connectivity index (χ3n) is 2.44. The SMILES string of the molecule is CCCNc1snnc1COCc1ccccc1. The summed E-state index contributed by atoms with van der Waals surface area (Å²) in [5, 5.41) is 8.40. The summed E-state index contributed by atoms with van der Waals surface area (Å²) in [5.74, 6) is 0. The van der Waals surface area contributed by atoms with E-state index < -0.39 is 0 Å². The van der Waals surface area contributed by atoms with E-state index in [-0.39, 0.29) is 0 Å².